The van der Waals surface area contributed by atoms with Gasteiger partial charge in [0.15, 0.2) is 0 Å². The molecule has 1 saturated heterocycles. The molecule has 0 saturated carbocycles. The lowest BCUT2D eigenvalue weighted by atomic mass is 9.85. The Morgan fingerprint density at radius 3 is 2.23 bits per heavy atom. The zero-order valence-corrected chi connectivity index (χ0v) is 38.3. The van der Waals surface area contributed by atoms with Crippen molar-refractivity contribution in [1.29, 1.82) is 0 Å². The van der Waals surface area contributed by atoms with E-state index in [0.29, 0.717) is 26.1 Å². The van der Waals surface area contributed by atoms with E-state index >= 15 is 0 Å². The van der Waals surface area contributed by atoms with Crippen LogP contribution in [0, 0.1) is 12.3 Å². The molecule has 0 radical (unpaired) electrons. The van der Waals surface area contributed by atoms with Crippen LogP contribution in [0.15, 0.2) is 54.0 Å². The number of aliphatic hydroxyl groups excluding tert-OH is 1. The molecule has 2 aromatic carbocycles. The van der Waals surface area contributed by atoms with Crippen LogP contribution in [0.3, 0.4) is 0 Å². The number of carbonyl (C=O) groups excluding carboxylic acids is 5. The monoisotopic (exact) mass is 878 g/mol. The number of amides is 5. The van der Waals surface area contributed by atoms with E-state index < -0.39 is 65.2 Å². The molecule has 1 fully saturated rings. The Hall–Kier alpha value is -4.90. The molecule has 1 aromatic heterocycles. The van der Waals surface area contributed by atoms with Gasteiger partial charge >= 0.3 is 6.09 Å². The average Bonchev–Trinajstić information content (AvgIpc) is 3.82. The van der Waals surface area contributed by atoms with E-state index in [1.54, 1.807) is 32.1 Å². The number of carbonyl (C=O) groups is 5. The fraction of sp³-hybridized carbons (Fsp3) is 0.565. The summed E-state index contributed by atoms with van der Waals surface area (Å²) in [6.45, 7) is 15.3. The molecule has 6 N–H and O–H groups in total. The minimum Gasteiger partial charge on any atom is -0.444 e. The van der Waals surface area contributed by atoms with Crippen molar-refractivity contribution in [3.63, 3.8) is 0 Å². The van der Waals surface area contributed by atoms with E-state index in [-0.39, 0.29) is 38.4 Å². The number of likely N-dealkylation sites (tertiary alicyclic amines) is 1. The first-order valence-corrected chi connectivity index (χ1v) is 22.2. The highest BCUT2D eigenvalue weighted by atomic mass is 32.1. The van der Waals surface area contributed by atoms with Gasteiger partial charge in [0.05, 0.1) is 40.9 Å². The Labute approximate surface area is 369 Å². The Morgan fingerprint density at radius 1 is 0.952 bits per heavy atom. The van der Waals surface area contributed by atoms with Gasteiger partial charge in [-0.15, -0.1) is 11.3 Å². The van der Waals surface area contributed by atoms with Crippen molar-refractivity contribution in [2.75, 3.05) is 19.8 Å². The second-order valence-electron chi connectivity index (χ2n) is 18.0. The van der Waals surface area contributed by atoms with Gasteiger partial charge in [0, 0.05) is 32.5 Å². The number of primary amides is 1. The molecule has 5 atom stereocenters. The van der Waals surface area contributed by atoms with E-state index in [1.165, 1.54) is 4.90 Å². The van der Waals surface area contributed by atoms with Crippen molar-refractivity contribution in [3.05, 3.63) is 76.4 Å². The zero-order chi connectivity index (χ0) is 45.6. The van der Waals surface area contributed by atoms with E-state index in [1.807, 2.05) is 88.7 Å². The number of nitrogens with one attached hydrogen (secondary N) is 3. The van der Waals surface area contributed by atoms with Crippen molar-refractivity contribution >= 4 is 41.1 Å². The standard InChI is InChI=1S/C46H66N6O9S/c1-29-40(62-28-49-29)34-18-16-32(17-19-34)24-48-42(56)37-23-35(53)25-52(37)43(57)41(45(3,4)5)51-39(55)27-59-22-10-9-11-31-12-14-33(15-13-31)26-60-30(2)36(20-21-38(47)54)50-44(58)61-46(6,7)8/h12-19,28,30,35-37,41,53H,9-11,20-27H2,1-8H3,(H2,47,54)(H,48,56)(H,50,58)(H,51,55)/t30-,35-,36+,37+,41-/m1/s1. The summed E-state index contributed by atoms with van der Waals surface area (Å²) < 4.78 is 17.1. The summed E-state index contributed by atoms with van der Waals surface area (Å²) in [5.41, 5.74) is 10.8. The normalized spacial score (nSPS) is 16.9. The first-order chi connectivity index (χ1) is 29.2. The van der Waals surface area contributed by atoms with Crippen LogP contribution in [0.5, 0.6) is 0 Å². The number of aliphatic hydroxyl groups is 1. The number of ether oxygens (including phenoxy) is 3. The maximum Gasteiger partial charge on any atom is 0.407 e. The number of benzene rings is 2. The molecule has 4 rings (SSSR count). The van der Waals surface area contributed by atoms with Crippen molar-refractivity contribution in [2.24, 2.45) is 11.1 Å². The number of nitrogens with zero attached hydrogens (tertiary/aromatic N) is 2. The highest BCUT2D eigenvalue weighted by molar-refractivity contribution is 7.13. The van der Waals surface area contributed by atoms with Crippen LogP contribution in [0.25, 0.3) is 10.4 Å². The number of hydrogen-bond acceptors (Lipinski definition) is 11. The van der Waals surface area contributed by atoms with Gasteiger partial charge < -0.3 is 45.9 Å². The number of hydrogen-bond donors (Lipinski definition) is 5. The van der Waals surface area contributed by atoms with Gasteiger partial charge in [-0.05, 0) is 88.0 Å². The summed E-state index contributed by atoms with van der Waals surface area (Å²) in [7, 11) is 0. The number of rotatable bonds is 21. The third-order valence-electron chi connectivity index (χ3n) is 10.5. The van der Waals surface area contributed by atoms with E-state index in [2.05, 4.69) is 20.9 Å². The van der Waals surface area contributed by atoms with Gasteiger partial charge in [-0.2, -0.15) is 0 Å². The molecule has 0 spiro atoms. The molecule has 1 aliphatic rings. The highest BCUT2D eigenvalue weighted by Gasteiger charge is 2.44. The largest absolute Gasteiger partial charge is 0.444 e. The molecule has 1 aliphatic heterocycles. The summed E-state index contributed by atoms with van der Waals surface area (Å²) in [4.78, 5) is 71.0. The number of β-amino-alcohol motifs (C(OH)–C–C–N with tert-alkyl or cyclic N) is 1. The molecular weight excluding hydrogens is 813 g/mol. The molecule has 62 heavy (non-hydrogen) atoms. The van der Waals surface area contributed by atoms with Crippen molar-refractivity contribution < 1.29 is 43.3 Å². The van der Waals surface area contributed by atoms with E-state index in [0.717, 1.165) is 45.7 Å². The van der Waals surface area contributed by atoms with Gasteiger partial charge in [-0.3, -0.25) is 19.2 Å². The Kier molecular flexibility index (Phi) is 18.4. The number of aryl methyl sites for hydroxylation is 2. The predicted molar refractivity (Wildman–Crippen MR) is 238 cm³/mol. The molecule has 340 valence electrons. The van der Waals surface area contributed by atoms with E-state index in [4.69, 9.17) is 19.9 Å². The number of thiazole rings is 1. The molecule has 2 heterocycles. The quantitative estimate of drug-likeness (QED) is 0.0869. The average molecular weight is 879 g/mol. The number of nitrogens with two attached hydrogens (primary N) is 1. The molecular formula is C46H66N6O9S. The zero-order valence-electron chi connectivity index (χ0n) is 37.5. The molecule has 15 nitrogen and oxygen atoms in total. The minimum absolute atomic E-state index is 0.0102. The van der Waals surface area contributed by atoms with Gasteiger partial charge in [-0.25, -0.2) is 9.78 Å². The molecule has 0 bridgehead atoms. The van der Waals surface area contributed by atoms with Gasteiger partial charge in [0.25, 0.3) is 0 Å². The fourth-order valence-corrected chi connectivity index (χ4v) is 7.82. The predicted octanol–water partition coefficient (Wildman–Crippen LogP) is 5.33. The van der Waals surface area contributed by atoms with Crippen molar-refractivity contribution in [1.82, 2.24) is 25.8 Å². The van der Waals surface area contributed by atoms with Crippen molar-refractivity contribution in [2.45, 2.75) is 143 Å². The molecule has 5 amide bonds. The van der Waals surface area contributed by atoms with Gasteiger partial charge in [0.1, 0.15) is 24.3 Å². The summed E-state index contributed by atoms with van der Waals surface area (Å²) in [6, 6.07) is 13.6. The van der Waals surface area contributed by atoms with Crippen molar-refractivity contribution in [3.8, 4) is 10.4 Å². The van der Waals surface area contributed by atoms with Gasteiger partial charge in [-0.1, -0.05) is 69.3 Å². The molecule has 3 aromatic rings. The lowest BCUT2D eigenvalue weighted by Gasteiger charge is -2.35. The topological polar surface area (TPSA) is 212 Å². The summed E-state index contributed by atoms with van der Waals surface area (Å²) >= 11 is 1.57. The molecule has 16 heteroatoms. The second-order valence-corrected chi connectivity index (χ2v) is 18.9. The number of alkyl carbamates (subject to hydrolysis) is 1. The van der Waals surface area contributed by atoms with Crippen LogP contribution in [-0.2, 0) is 53.0 Å². The first kappa shape index (κ1) is 49.8. The highest BCUT2D eigenvalue weighted by Crippen LogP contribution is 2.28. The van der Waals surface area contributed by atoms with Crippen LogP contribution < -0.4 is 21.7 Å². The molecule has 0 aliphatic carbocycles. The lowest BCUT2D eigenvalue weighted by molar-refractivity contribution is -0.144. The maximum atomic E-state index is 14.0. The summed E-state index contributed by atoms with van der Waals surface area (Å²) in [5, 5.41) is 19.1. The third kappa shape index (κ3) is 16.1. The third-order valence-corrected chi connectivity index (χ3v) is 11.4. The SMILES string of the molecule is Cc1ncsc1-c1ccc(CNC(=O)[C@@H]2C[C@@H](O)CN2C(=O)[C@@H](NC(=O)COCCCCc2ccc(CO[C@H](C)[C@H](CCC(N)=O)NC(=O)OC(C)(C)C)cc2)C(C)(C)C)cc1. The first-order valence-electron chi connectivity index (χ1n) is 21.3. The minimum atomic E-state index is -0.948. The summed E-state index contributed by atoms with van der Waals surface area (Å²) in [5.74, 6) is -1.70. The van der Waals surface area contributed by atoms with Crippen LogP contribution >= 0.6 is 11.3 Å². The Bertz CT molecular complexity index is 1940. The smallest absolute Gasteiger partial charge is 0.407 e. The van der Waals surface area contributed by atoms with Crippen LogP contribution in [0.2, 0.25) is 0 Å². The van der Waals surface area contributed by atoms with Crippen LogP contribution in [0.1, 0.15) is 103 Å². The second kappa shape index (κ2) is 23.0. The fourth-order valence-electron chi connectivity index (χ4n) is 7.01. The van der Waals surface area contributed by atoms with E-state index in [9.17, 15) is 29.1 Å². The lowest BCUT2D eigenvalue weighted by Crippen LogP contribution is -2.58. The number of aromatic nitrogens is 1. The number of unbranched alkanes of at least 4 members (excludes halogenated alkanes) is 1. The Balaban J connectivity index is 1.18. The molecule has 0 unspecified atom stereocenters. The van der Waals surface area contributed by atoms with Crippen LogP contribution in [-0.4, -0.2) is 100 Å². The Morgan fingerprint density at radius 2 is 1.61 bits per heavy atom. The summed E-state index contributed by atoms with van der Waals surface area (Å²) in [6.07, 6.45) is 1.00. The van der Waals surface area contributed by atoms with Gasteiger partial charge in [0.2, 0.25) is 23.6 Å². The van der Waals surface area contributed by atoms with Crippen LogP contribution in [0.4, 0.5) is 4.79 Å². The maximum absolute atomic E-state index is 14.0.